The summed E-state index contributed by atoms with van der Waals surface area (Å²) in [4.78, 5) is 11.6. The van der Waals surface area contributed by atoms with Gasteiger partial charge in [-0.3, -0.25) is 4.79 Å². The predicted molar refractivity (Wildman–Crippen MR) is 67.8 cm³/mol. The van der Waals surface area contributed by atoms with Crippen molar-refractivity contribution in [1.29, 1.82) is 0 Å². The average Bonchev–Trinajstić information content (AvgIpc) is 2.82. The third kappa shape index (κ3) is 6.10. The molecule has 92 valence electrons. The highest BCUT2D eigenvalue weighted by Crippen LogP contribution is 2.34. The normalized spacial score (nSPS) is 17.8. The summed E-state index contributed by atoms with van der Waals surface area (Å²) >= 11 is 1.37. The first-order valence-electron chi connectivity index (χ1n) is 5.61. The van der Waals surface area contributed by atoms with Crippen molar-refractivity contribution in [2.75, 3.05) is 0 Å². The molecule has 0 aromatic carbocycles. The molecule has 0 aromatic heterocycles. The van der Waals surface area contributed by atoms with Gasteiger partial charge in [0.2, 0.25) is 0 Å². The molecule has 1 N–H and O–H groups in total. The Morgan fingerprint density at radius 1 is 1.19 bits per heavy atom. The fourth-order valence-corrected chi connectivity index (χ4v) is 1.90. The van der Waals surface area contributed by atoms with E-state index in [0.717, 1.165) is 12.8 Å². The molecule has 0 heterocycles. The number of carbonyl (C=O) groups excluding carboxylic acids is 1. The molecular weight excluding hydrogens is 222 g/mol. The number of hydrogen-bond acceptors (Lipinski definition) is 4. The largest absolute Gasteiger partial charge is 0.321 e. The Balaban J connectivity index is 2.43. The van der Waals surface area contributed by atoms with Gasteiger partial charge in [-0.25, -0.2) is 0 Å². The number of hydrogen-bond donors (Lipinski definition) is 1. The topological polar surface area (TPSA) is 53.8 Å². The quantitative estimate of drug-likeness (QED) is 0.770. The van der Waals surface area contributed by atoms with E-state index in [-0.39, 0.29) is 10.8 Å². The molecule has 0 unspecified atom stereocenters. The van der Waals surface area contributed by atoms with Gasteiger partial charge in [-0.2, -0.15) is 10.2 Å². The van der Waals surface area contributed by atoms with Crippen molar-refractivity contribution >= 4 is 17.0 Å². The van der Waals surface area contributed by atoms with E-state index in [4.69, 9.17) is 0 Å². The number of azo groups is 1. The minimum atomic E-state index is -0.619. The second-order valence-corrected chi connectivity index (χ2v) is 6.93. The van der Waals surface area contributed by atoms with E-state index in [9.17, 15) is 4.79 Å². The summed E-state index contributed by atoms with van der Waals surface area (Å²) in [7, 11) is 0. The summed E-state index contributed by atoms with van der Waals surface area (Å²) in [5.74, 6) is 0. The lowest BCUT2D eigenvalue weighted by molar-refractivity contribution is 0.250. The minimum Gasteiger partial charge on any atom is -0.321 e. The summed E-state index contributed by atoms with van der Waals surface area (Å²) in [6.45, 7) is 9.65. The zero-order valence-electron chi connectivity index (χ0n) is 10.7. The number of carbonyl (C=O) groups is 1. The van der Waals surface area contributed by atoms with Crippen LogP contribution in [0.3, 0.4) is 0 Å². The molecule has 0 radical (unpaired) electrons. The lowest BCUT2D eigenvalue weighted by Gasteiger charge is -2.21. The van der Waals surface area contributed by atoms with Crippen molar-refractivity contribution in [2.24, 2.45) is 10.2 Å². The molecule has 0 atom stereocenters. The van der Waals surface area contributed by atoms with Gasteiger partial charge in [0.1, 0.15) is 5.66 Å². The molecule has 16 heavy (non-hydrogen) atoms. The maximum absolute atomic E-state index is 11.6. The number of nitrogens with zero attached hydrogens (tertiary/aromatic N) is 2. The van der Waals surface area contributed by atoms with Crippen LogP contribution in [0.25, 0.3) is 0 Å². The van der Waals surface area contributed by atoms with Crippen LogP contribution < -0.4 is 5.32 Å². The van der Waals surface area contributed by atoms with Crippen LogP contribution in [0.5, 0.6) is 0 Å². The van der Waals surface area contributed by atoms with Crippen molar-refractivity contribution in [1.82, 2.24) is 5.32 Å². The van der Waals surface area contributed by atoms with Crippen molar-refractivity contribution in [3.8, 4) is 0 Å². The molecule has 1 rings (SSSR count). The van der Waals surface area contributed by atoms with E-state index in [1.54, 1.807) is 0 Å². The first-order chi connectivity index (χ1) is 7.18. The molecule has 0 aromatic rings. The van der Waals surface area contributed by atoms with Crippen LogP contribution in [0.15, 0.2) is 10.2 Å². The molecule has 4 nitrogen and oxygen atoms in total. The van der Waals surface area contributed by atoms with Gasteiger partial charge in [0, 0.05) is 5.25 Å². The van der Waals surface area contributed by atoms with E-state index in [1.165, 1.54) is 11.8 Å². The second kappa shape index (κ2) is 4.73. The molecule has 0 bridgehead atoms. The number of amides is 1. The van der Waals surface area contributed by atoms with Gasteiger partial charge in [-0.1, -0.05) is 11.8 Å². The molecular formula is C11H21N3OS. The third-order valence-electron chi connectivity index (χ3n) is 1.81. The van der Waals surface area contributed by atoms with Crippen LogP contribution >= 0.6 is 11.8 Å². The van der Waals surface area contributed by atoms with Crippen molar-refractivity contribution in [2.45, 2.75) is 63.9 Å². The number of thioether (sulfide) groups is 1. The average molecular weight is 243 g/mol. The summed E-state index contributed by atoms with van der Waals surface area (Å²) in [6, 6.07) is 0. The summed E-state index contributed by atoms with van der Waals surface area (Å²) in [5, 5.41) is 11.7. The predicted octanol–water partition coefficient (Wildman–Crippen LogP) is 3.58. The monoisotopic (exact) mass is 243 g/mol. The molecule has 0 saturated heterocycles. The Morgan fingerprint density at radius 2 is 1.75 bits per heavy atom. The van der Waals surface area contributed by atoms with E-state index in [1.807, 2.05) is 34.6 Å². The number of rotatable bonds is 3. The molecule has 1 aliphatic rings. The highest BCUT2D eigenvalue weighted by molar-refractivity contribution is 8.14. The zero-order valence-corrected chi connectivity index (χ0v) is 11.5. The van der Waals surface area contributed by atoms with Gasteiger partial charge in [0.25, 0.3) is 5.24 Å². The lowest BCUT2D eigenvalue weighted by atomic mass is 10.1. The van der Waals surface area contributed by atoms with Gasteiger partial charge in [-0.05, 0) is 47.5 Å². The van der Waals surface area contributed by atoms with E-state index < -0.39 is 5.66 Å². The van der Waals surface area contributed by atoms with Crippen LogP contribution in [-0.4, -0.2) is 21.7 Å². The molecule has 0 spiro atoms. The SMILES string of the molecule is CC(C)(C)N=NC(C)(C)NC(=O)SC1CC1. The smallest absolute Gasteiger partial charge is 0.281 e. The summed E-state index contributed by atoms with van der Waals surface area (Å²) < 4.78 is 0. The Labute approximate surface area is 102 Å². The van der Waals surface area contributed by atoms with E-state index >= 15 is 0 Å². The fraction of sp³-hybridized carbons (Fsp3) is 0.909. The summed E-state index contributed by atoms with van der Waals surface area (Å²) in [6.07, 6.45) is 2.31. The van der Waals surface area contributed by atoms with Gasteiger partial charge in [-0.15, -0.1) is 0 Å². The van der Waals surface area contributed by atoms with Gasteiger partial charge in [0.15, 0.2) is 0 Å². The van der Waals surface area contributed by atoms with Gasteiger partial charge >= 0.3 is 0 Å². The number of nitrogens with one attached hydrogen (secondary N) is 1. The molecule has 5 heteroatoms. The highest BCUT2D eigenvalue weighted by Gasteiger charge is 2.28. The van der Waals surface area contributed by atoms with Gasteiger partial charge < -0.3 is 5.32 Å². The Morgan fingerprint density at radius 3 is 2.19 bits per heavy atom. The van der Waals surface area contributed by atoms with Crippen molar-refractivity contribution in [3.05, 3.63) is 0 Å². The molecule has 1 amide bonds. The summed E-state index contributed by atoms with van der Waals surface area (Å²) in [5.41, 5.74) is -0.822. The Bertz CT molecular complexity index is 290. The van der Waals surface area contributed by atoms with Crippen molar-refractivity contribution in [3.63, 3.8) is 0 Å². The highest BCUT2D eigenvalue weighted by atomic mass is 32.2. The maximum atomic E-state index is 11.6. The molecule has 1 aliphatic carbocycles. The van der Waals surface area contributed by atoms with Crippen LogP contribution in [-0.2, 0) is 0 Å². The molecule has 1 saturated carbocycles. The van der Waals surface area contributed by atoms with Crippen molar-refractivity contribution < 1.29 is 4.79 Å². The van der Waals surface area contributed by atoms with Crippen LogP contribution in [0, 0.1) is 0 Å². The lowest BCUT2D eigenvalue weighted by Crippen LogP contribution is -2.40. The van der Waals surface area contributed by atoms with Crippen LogP contribution in [0.2, 0.25) is 0 Å². The fourth-order valence-electron chi connectivity index (χ4n) is 0.916. The maximum Gasteiger partial charge on any atom is 0.281 e. The first kappa shape index (κ1) is 13.5. The van der Waals surface area contributed by atoms with Gasteiger partial charge in [0.05, 0.1) is 5.54 Å². The molecule has 1 fully saturated rings. The standard InChI is InChI=1S/C11H21N3OS/c1-10(2,3)13-14-11(4,5)12-9(15)16-8-6-7-8/h8H,6-7H2,1-5H3,(H,12,15). The van der Waals surface area contributed by atoms with E-state index in [0.29, 0.717) is 5.25 Å². The molecule has 0 aliphatic heterocycles. The minimum absolute atomic E-state index is 0.000333. The Kier molecular flexibility index (Phi) is 3.99. The Hall–Kier alpha value is -0.580. The van der Waals surface area contributed by atoms with Crippen LogP contribution in [0.1, 0.15) is 47.5 Å². The van der Waals surface area contributed by atoms with Crippen LogP contribution in [0.4, 0.5) is 4.79 Å². The first-order valence-corrected chi connectivity index (χ1v) is 6.49. The second-order valence-electron chi connectivity index (χ2n) is 5.66. The van der Waals surface area contributed by atoms with E-state index in [2.05, 4.69) is 15.5 Å². The third-order valence-corrected chi connectivity index (χ3v) is 2.93. The zero-order chi connectivity index (χ0) is 12.4.